The van der Waals surface area contributed by atoms with Crippen molar-refractivity contribution in [3.63, 3.8) is 0 Å². The van der Waals surface area contributed by atoms with Crippen LogP contribution in [0.2, 0.25) is 0 Å². The van der Waals surface area contributed by atoms with Crippen LogP contribution >= 0.6 is 0 Å². The van der Waals surface area contributed by atoms with E-state index in [0.29, 0.717) is 0 Å². The molecule has 0 atom stereocenters. The number of fused-ring (bicyclic) bond motifs is 1. The third-order valence-electron chi connectivity index (χ3n) is 2.63. The van der Waals surface area contributed by atoms with Crippen LogP contribution in [0, 0.1) is 0 Å². The maximum absolute atomic E-state index is 5.80. The molecule has 1 nitrogen and oxygen atoms in total. The molecular weight excluding hydrogens is 244 g/mol. The van der Waals surface area contributed by atoms with E-state index in [9.17, 15) is 0 Å². The summed E-state index contributed by atoms with van der Waals surface area (Å²) in [7, 11) is 0. The Morgan fingerprint density at radius 2 is 1.75 bits per heavy atom. The van der Waals surface area contributed by atoms with Gasteiger partial charge in [-0.2, -0.15) is 0 Å². The molecule has 2 rings (SSSR count). The molecule has 1 heteroatoms. The first-order chi connectivity index (χ1) is 9.69. The average molecular weight is 272 g/mol. The van der Waals surface area contributed by atoms with Crippen molar-refractivity contribution in [2.75, 3.05) is 0 Å². The van der Waals surface area contributed by atoms with E-state index in [4.69, 9.17) is 4.42 Å². The average Bonchev–Trinajstić information content (AvgIpc) is 2.87. The Balaban J connectivity index is 0.000000641. The molecule has 0 aliphatic heterocycles. The lowest BCUT2D eigenvalue weighted by Gasteiger charge is -1.96. The Morgan fingerprint density at radius 3 is 2.25 bits per heavy atom. The number of benzene rings is 1. The fourth-order valence-electron chi connectivity index (χ4n) is 1.69. The summed E-state index contributed by atoms with van der Waals surface area (Å²) in [5.41, 5.74) is 3.14. The molecule has 0 aliphatic carbocycles. The van der Waals surface area contributed by atoms with Crippen LogP contribution in [0.15, 0.2) is 41.3 Å². The van der Waals surface area contributed by atoms with E-state index in [1.807, 2.05) is 58.0 Å². The summed E-state index contributed by atoms with van der Waals surface area (Å²) < 4.78 is 5.80. The largest absolute Gasteiger partial charge is 0.456 e. The van der Waals surface area contributed by atoms with E-state index >= 15 is 0 Å². The lowest BCUT2D eigenvalue weighted by Crippen LogP contribution is -1.78. The molecule has 0 bridgehead atoms. The third-order valence-corrected chi connectivity index (χ3v) is 2.63. The summed E-state index contributed by atoms with van der Waals surface area (Å²) in [6.07, 6.45) is 5.15. The molecule has 0 spiro atoms. The molecule has 0 saturated carbocycles. The first-order valence-electron chi connectivity index (χ1n) is 7.46. The van der Waals surface area contributed by atoms with Crippen molar-refractivity contribution >= 4 is 22.6 Å². The zero-order chi connectivity index (χ0) is 15.5. The highest BCUT2D eigenvalue weighted by Crippen LogP contribution is 2.31. The van der Waals surface area contributed by atoms with Crippen LogP contribution in [-0.4, -0.2) is 0 Å². The molecule has 0 amide bonds. The van der Waals surface area contributed by atoms with Crippen molar-refractivity contribution in [3.05, 3.63) is 48.2 Å². The Bertz CT molecular complexity index is 544. The Kier molecular flexibility index (Phi) is 9.19. The lowest BCUT2D eigenvalue weighted by molar-refractivity contribution is 0.598. The molecular formula is C19H28O. The number of hydrogen-bond donors (Lipinski definition) is 0. The highest BCUT2D eigenvalue weighted by molar-refractivity contribution is 5.92. The van der Waals surface area contributed by atoms with Crippen LogP contribution in [-0.2, 0) is 0 Å². The summed E-state index contributed by atoms with van der Waals surface area (Å²) in [4.78, 5) is 0. The van der Waals surface area contributed by atoms with Crippen LogP contribution in [0.3, 0.4) is 0 Å². The molecule has 0 aliphatic rings. The van der Waals surface area contributed by atoms with Gasteiger partial charge in [0.2, 0.25) is 0 Å². The number of rotatable bonds is 2. The van der Waals surface area contributed by atoms with E-state index in [-0.39, 0.29) is 0 Å². The smallest absolute Gasteiger partial charge is 0.137 e. The van der Waals surface area contributed by atoms with Crippen molar-refractivity contribution < 1.29 is 4.42 Å². The van der Waals surface area contributed by atoms with Gasteiger partial charge in [-0.3, -0.25) is 0 Å². The van der Waals surface area contributed by atoms with E-state index < -0.39 is 0 Å². The molecule has 0 unspecified atom stereocenters. The molecule has 1 heterocycles. The minimum atomic E-state index is 0.920. The van der Waals surface area contributed by atoms with Gasteiger partial charge in [0.05, 0.1) is 0 Å². The van der Waals surface area contributed by atoms with Crippen LogP contribution < -0.4 is 0 Å². The van der Waals surface area contributed by atoms with Crippen LogP contribution in [0.5, 0.6) is 0 Å². The van der Waals surface area contributed by atoms with Gasteiger partial charge in [-0.15, -0.1) is 0 Å². The predicted octanol–water partition coefficient (Wildman–Crippen LogP) is 6.94. The molecule has 2 aromatic rings. The molecule has 110 valence electrons. The Hall–Kier alpha value is -1.76. The maximum atomic E-state index is 5.80. The monoisotopic (exact) mass is 272 g/mol. The molecule has 1 aromatic heterocycles. The summed E-state index contributed by atoms with van der Waals surface area (Å²) in [5.74, 6) is 0.925. The Labute approximate surface area is 124 Å². The Morgan fingerprint density at radius 1 is 1.20 bits per heavy atom. The summed E-state index contributed by atoms with van der Waals surface area (Å²) in [6, 6.07) is 8.03. The molecule has 0 radical (unpaired) electrons. The first-order valence-corrected chi connectivity index (χ1v) is 7.46. The topological polar surface area (TPSA) is 13.1 Å². The number of para-hydroxylation sites is 1. The van der Waals surface area contributed by atoms with Crippen molar-refractivity contribution in [1.29, 1.82) is 0 Å². The van der Waals surface area contributed by atoms with Gasteiger partial charge < -0.3 is 4.42 Å². The third kappa shape index (κ3) is 4.41. The quantitative estimate of drug-likeness (QED) is 0.577. The predicted molar refractivity (Wildman–Crippen MR) is 92.9 cm³/mol. The highest BCUT2D eigenvalue weighted by atomic mass is 16.3. The number of furan rings is 1. The van der Waals surface area contributed by atoms with Gasteiger partial charge in [0.15, 0.2) is 0 Å². The zero-order valence-corrected chi connectivity index (χ0v) is 13.8. The van der Waals surface area contributed by atoms with E-state index in [1.165, 1.54) is 6.42 Å². The highest BCUT2D eigenvalue weighted by Gasteiger charge is 2.11. The van der Waals surface area contributed by atoms with Gasteiger partial charge in [0.25, 0.3) is 0 Å². The van der Waals surface area contributed by atoms with Gasteiger partial charge in [-0.1, -0.05) is 71.0 Å². The fourth-order valence-corrected chi connectivity index (χ4v) is 1.69. The minimum absolute atomic E-state index is 0.920. The van der Waals surface area contributed by atoms with E-state index in [2.05, 4.69) is 26.5 Å². The zero-order valence-electron chi connectivity index (χ0n) is 13.8. The van der Waals surface area contributed by atoms with Crippen molar-refractivity contribution in [3.8, 4) is 0 Å². The van der Waals surface area contributed by atoms with Crippen LogP contribution in [0.25, 0.3) is 22.6 Å². The van der Waals surface area contributed by atoms with Gasteiger partial charge in [-0.25, -0.2) is 0 Å². The summed E-state index contributed by atoms with van der Waals surface area (Å²) in [5, 5.41) is 1.13. The number of allylic oxidation sites excluding steroid dienone is 2. The van der Waals surface area contributed by atoms with Gasteiger partial charge >= 0.3 is 0 Å². The summed E-state index contributed by atoms with van der Waals surface area (Å²) >= 11 is 0. The summed E-state index contributed by atoms with van der Waals surface area (Å²) in [6.45, 7) is 16.1. The van der Waals surface area contributed by atoms with Crippen molar-refractivity contribution in [1.82, 2.24) is 0 Å². The van der Waals surface area contributed by atoms with Crippen LogP contribution in [0.1, 0.15) is 59.3 Å². The second kappa shape index (κ2) is 10.1. The van der Waals surface area contributed by atoms with Gasteiger partial charge in [0.1, 0.15) is 11.3 Å². The first kappa shape index (κ1) is 18.2. The van der Waals surface area contributed by atoms with Crippen molar-refractivity contribution in [2.24, 2.45) is 0 Å². The molecule has 1 aromatic carbocycles. The molecule has 0 saturated heterocycles. The normalized spacial score (nSPS) is 10.2. The fraction of sp³-hybridized carbons (Fsp3) is 0.368. The van der Waals surface area contributed by atoms with Crippen LogP contribution in [0.4, 0.5) is 0 Å². The molecule has 0 fully saturated rings. The second-order valence-corrected chi connectivity index (χ2v) is 4.22. The van der Waals surface area contributed by atoms with Gasteiger partial charge in [-0.05, 0) is 25.5 Å². The molecule has 20 heavy (non-hydrogen) atoms. The van der Waals surface area contributed by atoms with Crippen molar-refractivity contribution in [2.45, 2.75) is 48.0 Å². The van der Waals surface area contributed by atoms with Gasteiger partial charge in [0, 0.05) is 10.9 Å². The maximum Gasteiger partial charge on any atom is 0.137 e. The minimum Gasteiger partial charge on any atom is -0.456 e. The SMILES string of the molecule is C=Cc1c(/C(C)=C\C)oc2ccccc12.CC.CCC. The van der Waals surface area contributed by atoms with E-state index in [0.717, 1.165) is 27.9 Å². The number of hydrogen-bond acceptors (Lipinski definition) is 1. The lowest BCUT2D eigenvalue weighted by atomic mass is 10.1. The molecule has 0 N–H and O–H groups in total. The standard InChI is InChI=1S/C14H14O.C3H8.C2H6/c1-4-10(3)14-11(5-2)12-8-6-7-9-13(12)15-14;1-3-2;1-2/h4-9H,2H2,1,3H3;3H2,1-2H3;1-2H3/b10-4-;;. The van der Waals surface area contributed by atoms with E-state index in [1.54, 1.807) is 0 Å². The second-order valence-electron chi connectivity index (χ2n) is 4.22.